The highest BCUT2D eigenvalue weighted by Crippen LogP contribution is 2.16. The van der Waals surface area contributed by atoms with E-state index in [1.165, 1.54) is 17.1 Å². The molecule has 0 N–H and O–H groups in total. The highest BCUT2D eigenvalue weighted by atomic mass is 127. The third-order valence-corrected chi connectivity index (χ3v) is 3.70. The average Bonchev–Trinajstić information content (AvgIpc) is 2.51. The second-order valence-electron chi connectivity index (χ2n) is 2.76. The van der Waals surface area contributed by atoms with Gasteiger partial charge in [-0.3, -0.25) is 0 Å². The maximum atomic E-state index is 4.31. The fourth-order valence-corrected chi connectivity index (χ4v) is 2.90. The molecule has 0 saturated carbocycles. The Morgan fingerprint density at radius 2 is 2.29 bits per heavy atom. The Morgan fingerprint density at radius 1 is 1.43 bits per heavy atom. The molecule has 2 rings (SSSR count). The van der Waals surface area contributed by atoms with Crippen LogP contribution in [-0.2, 0) is 6.42 Å². The maximum absolute atomic E-state index is 4.31. The van der Waals surface area contributed by atoms with E-state index in [9.17, 15) is 0 Å². The zero-order valence-electron chi connectivity index (χ0n) is 7.08. The Bertz CT molecular complexity index is 444. The van der Waals surface area contributed by atoms with E-state index >= 15 is 0 Å². The van der Waals surface area contributed by atoms with Crippen molar-refractivity contribution in [2.24, 2.45) is 0 Å². The molecule has 0 bridgehead atoms. The zero-order chi connectivity index (χ0) is 9.97. The van der Waals surface area contributed by atoms with Gasteiger partial charge in [-0.25, -0.2) is 4.98 Å². The third kappa shape index (κ3) is 2.74. The summed E-state index contributed by atoms with van der Waals surface area (Å²) < 4.78 is 6.08. The van der Waals surface area contributed by atoms with Gasteiger partial charge < -0.3 is 0 Å². The molecule has 1 aromatic carbocycles. The van der Waals surface area contributed by atoms with Crippen molar-refractivity contribution in [3.05, 3.63) is 43.1 Å². The molecular weight excluding hydrogens is 375 g/mol. The van der Waals surface area contributed by atoms with Gasteiger partial charge in [0.05, 0.1) is 0 Å². The minimum absolute atomic E-state index is 0.831. The van der Waals surface area contributed by atoms with E-state index < -0.39 is 0 Å². The third-order valence-electron chi connectivity index (χ3n) is 1.69. The summed E-state index contributed by atoms with van der Waals surface area (Å²) in [5.41, 5.74) is 1.26. The maximum Gasteiger partial charge on any atom is 0.203 e. The van der Waals surface area contributed by atoms with E-state index in [-0.39, 0.29) is 0 Å². The lowest BCUT2D eigenvalue weighted by Crippen LogP contribution is -1.86. The Balaban J connectivity index is 2.18. The largest absolute Gasteiger partial charge is 0.214 e. The van der Waals surface area contributed by atoms with Crippen LogP contribution in [0.1, 0.15) is 10.6 Å². The van der Waals surface area contributed by atoms with Crippen LogP contribution in [0.3, 0.4) is 0 Å². The molecule has 2 nitrogen and oxygen atoms in total. The number of hydrogen-bond acceptors (Lipinski definition) is 3. The van der Waals surface area contributed by atoms with Gasteiger partial charge in [0, 0.05) is 33.5 Å². The van der Waals surface area contributed by atoms with E-state index in [0.717, 1.165) is 19.7 Å². The van der Waals surface area contributed by atoms with Crippen LogP contribution in [0.25, 0.3) is 0 Å². The molecular formula is C9H6BrIN2S. The average molecular weight is 381 g/mol. The molecule has 0 spiro atoms. The summed E-state index contributed by atoms with van der Waals surface area (Å²) >= 11 is 7.04. The summed E-state index contributed by atoms with van der Waals surface area (Å²) in [6.07, 6.45) is 0.861. The summed E-state index contributed by atoms with van der Waals surface area (Å²) in [4.78, 5) is 4.31. The number of rotatable bonds is 2. The molecule has 0 unspecified atom stereocenters. The van der Waals surface area contributed by atoms with Gasteiger partial charge in [-0.1, -0.05) is 28.1 Å². The van der Waals surface area contributed by atoms with Gasteiger partial charge in [0.15, 0.2) is 0 Å². The van der Waals surface area contributed by atoms with Crippen molar-refractivity contribution in [3.63, 3.8) is 0 Å². The molecule has 72 valence electrons. The van der Waals surface area contributed by atoms with E-state index in [1.54, 1.807) is 0 Å². The molecule has 1 heterocycles. The Labute approximate surface area is 108 Å². The van der Waals surface area contributed by atoms with E-state index in [0.29, 0.717) is 0 Å². The summed E-state index contributed by atoms with van der Waals surface area (Å²) in [5, 5.41) is 1.06. The number of hydrogen-bond donors (Lipinski definition) is 0. The highest BCUT2D eigenvalue weighted by Gasteiger charge is 2.02. The lowest BCUT2D eigenvalue weighted by atomic mass is 10.2. The Kier molecular flexibility index (Phi) is 3.51. The quantitative estimate of drug-likeness (QED) is 0.745. The van der Waals surface area contributed by atoms with E-state index in [2.05, 4.69) is 60.0 Å². The zero-order valence-corrected chi connectivity index (χ0v) is 11.6. The first-order valence-corrected chi connectivity index (χ1v) is 6.61. The van der Waals surface area contributed by atoms with Gasteiger partial charge in [0.2, 0.25) is 3.83 Å². The molecule has 2 aromatic rings. The fourth-order valence-electron chi connectivity index (χ4n) is 1.13. The molecule has 0 amide bonds. The van der Waals surface area contributed by atoms with Crippen molar-refractivity contribution in [1.82, 2.24) is 9.36 Å². The summed E-state index contributed by atoms with van der Waals surface area (Å²) in [7, 11) is 0. The molecule has 5 heteroatoms. The molecule has 0 radical (unpaired) electrons. The number of benzene rings is 1. The molecule has 0 fully saturated rings. The minimum Gasteiger partial charge on any atom is -0.214 e. The first kappa shape index (κ1) is 10.5. The van der Waals surface area contributed by atoms with Crippen molar-refractivity contribution in [3.8, 4) is 0 Å². The number of halogens is 2. The summed E-state index contributed by atoms with van der Waals surface area (Å²) in [6.45, 7) is 0. The smallest absolute Gasteiger partial charge is 0.203 e. The van der Waals surface area contributed by atoms with Crippen LogP contribution in [0, 0.1) is 3.83 Å². The van der Waals surface area contributed by atoms with Crippen LogP contribution in [0.4, 0.5) is 0 Å². The normalized spacial score (nSPS) is 10.4. The lowest BCUT2D eigenvalue weighted by molar-refractivity contribution is 1.10. The molecule has 0 atom stereocenters. The van der Waals surface area contributed by atoms with E-state index in [1.807, 2.05) is 12.1 Å². The van der Waals surface area contributed by atoms with Crippen LogP contribution >= 0.6 is 50.1 Å². The van der Waals surface area contributed by atoms with Crippen LogP contribution in [0.2, 0.25) is 0 Å². The first-order chi connectivity index (χ1) is 6.74. The second-order valence-corrected chi connectivity index (χ2v) is 5.48. The monoisotopic (exact) mass is 380 g/mol. The standard InChI is InChI=1S/C9H6BrIN2S/c10-7-3-1-2-6(4-7)5-8-12-9(11)13-14-8/h1-4H,5H2. The summed E-state index contributed by atoms with van der Waals surface area (Å²) in [6, 6.07) is 8.26. The van der Waals surface area contributed by atoms with Gasteiger partial charge in [0.1, 0.15) is 5.01 Å². The first-order valence-electron chi connectivity index (χ1n) is 3.96. The Hall–Kier alpha value is -0.0100. The topological polar surface area (TPSA) is 25.8 Å². The Morgan fingerprint density at radius 3 is 2.93 bits per heavy atom. The van der Waals surface area contributed by atoms with Gasteiger partial charge in [0.25, 0.3) is 0 Å². The van der Waals surface area contributed by atoms with Crippen LogP contribution < -0.4 is 0 Å². The van der Waals surface area contributed by atoms with Crippen LogP contribution in [0.15, 0.2) is 28.7 Å². The SMILES string of the molecule is Brc1cccc(Cc2nc(I)ns2)c1. The van der Waals surface area contributed by atoms with E-state index in [4.69, 9.17) is 0 Å². The van der Waals surface area contributed by atoms with Crippen molar-refractivity contribution in [1.29, 1.82) is 0 Å². The molecule has 14 heavy (non-hydrogen) atoms. The van der Waals surface area contributed by atoms with Gasteiger partial charge >= 0.3 is 0 Å². The van der Waals surface area contributed by atoms with Crippen molar-refractivity contribution >= 4 is 50.1 Å². The molecule has 0 aliphatic carbocycles. The van der Waals surface area contributed by atoms with Gasteiger partial charge in [-0.2, -0.15) is 4.37 Å². The predicted molar refractivity (Wildman–Crippen MR) is 69.6 cm³/mol. The minimum atomic E-state index is 0.831. The van der Waals surface area contributed by atoms with Gasteiger partial charge in [-0.15, -0.1) is 0 Å². The molecule has 0 saturated heterocycles. The molecule has 0 aliphatic rings. The second kappa shape index (κ2) is 4.67. The number of nitrogens with zero attached hydrogens (tertiary/aromatic N) is 2. The molecule has 0 aliphatic heterocycles. The predicted octanol–water partition coefficient (Wildman–Crippen LogP) is 3.50. The lowest BCUT2D eigenvalue weighted by Gasteiger charge is -1.97. The van der Waals surface area contributed by atoms with Crippen molar-refractivity contribution < 1.29 is 0 Å². The number of aromatic nitrogens is 2. The van der Waals surface area contributed by atoms with Gasteiger partial charge in [-0.05, 0) is 29.2 Å². The molecule has 1 aromatic heterocycles. The fraction of sp³-hybridized carbons (Fsp3) is 0.111. The summed E-state index contributed by atoms with van der Waals surface area (Å²) in [5.74, 6) is 0. The highest BCUT2D eigenvalue weighted by molar-refractivity contribution is 14.1. The van der Waals surface area contributed by atoms with Crippen molar-refractivity contribution in [2.75, 3.05) is 0 Å². The van der Waals surface area contributed by atoms with Crippen LogP contribution in [0.5, 0.6) is 0 Å². The van der Waals surface area contributed by atoms with Crippen molar-refractivity contribution in [2.45, 2.75) is 6.42 Å². The van der Waals surface area contributed by atoms with Crippen LogP contribution in [-0.4, -0.2) is 9.36 Å².